The lowest BCUT2D eigenvalue weighted by molar-refractivity contribution is -0.00959. The summed E-state index contributed by atoms with van der Waals surface area (Å²) in [5.41, 5.74) is -0.973. The molecule has 0 aromatic heterocycles. The van der Waals surface area contributed by atoms with E-state index in [9.17, 15) is 5.11 Å². The Hall–Kier alpha value is -0.440. The summed E-state index contributed by atoms with van der Waals surface area (Å²) in [6, 6.07) is 0. The van der Waals surface area contributed by atoms with Gasteiger partial charge in [0.25, 0.3) is 0 Å². The van der Waals surface area contributed by atoms with Crippen molar-refractivity contribution in [2.75, 3.05) is 6.54 Å². The summed E-state index contributed by atoms with van der Waals surface area (Å²) in [7, 11) is 0. The minimum absolute atomic E-state index is 0.271. The van der Waals surface area contributed by atoms with Crippen LogP contribution in [0.15, 0.2) is 10.2 Å². The minimum atomic E-state index is -0.973. The van der Waals surface area contributed by atoms with Crippen molar-refractivity contribution >= 4 is 0 Å². The molecule has 1 aliphatic rings. The number of hydrogen-bond acceptors (Lipinski definition) is 3. The molecular weight excluding hydrogens is 260 g/mol. The zero-order valence-electron chi connectivity index (χ0n) is 14.5. The van der Waals surface area contributed by atoms with Crippen molar-refractivity contribution in [1.82, 2.24) is 0 Å². The highest BCUT2D eigenvalue weighted by Gasteiger charge is 2.31. The highest BCUT2D eigenvalue weighted by atomic mass is 16.3. The van der Waals surface area contributed by atoms with E-state index in [1.165, 1.54) is 57.8 Å². The van der Waals surface area contributed by atoms with E-state index >= 15 is 0 Å². The summed E-state index contributed by atoms with van der Waals surface area (Å²) in [4.78, 5) is 0. The van der Waals surface area contributed by atoms with Crippen molar-refractivity contribution in [2.45, 2.75) is 97.1 Å². The van der Waals surface area contributed by atoms with Gasteiger partial charge in [-0.15, -0.1) is 0 Å². The average molecular weight is 296 g/mol. The molecule has 124 valence electrons. The first kappa shape index (κ1) is 18.6. The molecule has 0 radical (unpaired) electrons. The first-order valence-electron chi connectivity index (χ1n) is 9.13. The van der Waals surface area contributed by atoms with Gasteiger partial charge >= 0.3 is 0 Å². The summed E-state index contributed by atoms with van der Waals surface area (Å²) in [6.07, 6.45) is 14.1. The van der Waals surface area contributed by atoms with Crippen LogP contribution in [0.2, 0.25) is 0 Å². The van der Waals surface area contributed by atoms with E-state index < -0.39 is 5.72 Å². The molecule has 1 aliphatic carbocycles. The molecule has 0 heterocycles. The fourth-order valence-electron chi connectivity index (χ4n) is 3.14. The second kappa shape index (κ2) is 10.3. The van der Waals surface area contributed by atoms with Gasteiger partial charge in [0.15, 0.2) is 5.72 Å². The van der Waals surface area contributed by atoms with E-state index in [0.29, 0.717) is 12.5 Å². The number of azo groups is 1. The molecule has 21 heavy (non-hydrogen) atoms. The van der Waals surface area contributed by atoms with Crippen molar-refractivity contribution in [3.05, 3.63) is 0 Å². The molecule has 0 saturated heterocycles. The fraction of sp³-hybridized carbons (Fsp3) is 1.00. The lowest BCUT2D eigenvalue weighted by Gasteiger charge is -2.29. The summed E-state index contributed by atoms with van der Waals surface area (Å²) >= 11 is 0. The molecule has 0 amide bonds. The molecule has 1 fully saturated rings. The molecule has 3 heteroatoms. The quantitative estimate of drug-likeness (QED) is 0.662. The summed E-state index contributed by atoms with van der Waals surface area (Å²) < 4.78 is 0. The molecule has 0 aromatic rings. The lowest BCUT2D eigenvalue weighted by atomic mass is 9.86. The second-order valence-electron chi connectivity index (χ2n) is 7.37. The average Bonchev–Trinajstić information content (AvgIpc) is 2.38. The number of hydrogen-bond donors (Lipinski definition) is 1. The Morgan fingerprint density at radius 3 is 1.76 bits per heavy atom. The van der Waals surface area contributed by atoms with Crippen LogP contribution in [0.3, 0.4) is 0 Å². The van der Waals surface area contributed by atoms with Gasteiger partial charge in [0.1, 0.15) is 0 Å². The van der Waals surface area contributed by atoms with Crippen LogP contribution in [-0.4, -0.2) is 17.4 Å². The molecule has 0 aliphatic heterocycles. The van der Waals surface area contributed by atoms with E-state index in [0.717, 1.165) is 12.8 Å². The lowest BCUT2D eigenvalue weighted by Crippen LogP contribution is -2.32. The van der Waals surface area contributed by atoms with Gasteiger partial charge in [0.05, 0.1) is 6.54 Å². The van der Waals surface area contributed by atoms with Gasteiger partial charge in [0, 0.05) is 5.92 Å². The number of rotatable bonds is 4. The molecule has 1 atom stereocenters. The van der Waals surface area contributed by atoms with Crippen molar-refractivity contribution < 1.29 is 5.11 Å². The third-order valence-electron chi connectivity index (χ3n) is 4.60. The predicted molar refractivity (Wildman–Crippen MR) is 89.5 cm³/mol. The molecule has 3 nitrogen and oxygen atoms in total. The Labute approximate surface area is 131 Å². The Balaban J connectivity index is 2.53. The van der Waals surface area contributed by atoms with Gasteiger partial charge in [-0.05, 0) is 25.7 Å². The minimum Gasteiger partial charge on any atom is -0.368 e. The fourth-order valence-corrected chi connectivity index (χ4v) is 3.14. The number of aliphatic hydroxyl groups is 1. The maximum Gasteiger partial charge on any atom is 0.176 e. The first-order chi connectivity index (χ1) is 10.0. The van der Waals surface area contributed by atoms with Crippen molar-refractivity contribution in [1.29, 1.82) is 0 Å². The smallest absolute Gasteiger partial charge is 0.176 e. The van der Waals surface area contributed by atoms with Gasteiger partial charge in [-0.3, -0.25) is 0 Å². The van der Waals surface area contributed by atoms with E-state index in [-0.39, 0.29) is 5.92 Å². The van der Waals surface area contributed by atoms with Gasteiger partial charge < -0.3 is 5.11 Å². The van der Waals surface area contributed by atoms with E-state index in [4.69, 9.17) is 0 Å². The van der Waals surface area contributed by atoms with E-state index in [1.807, 2.05) is 6.92 Å². The highest BCUT2D eigenvalue weighted by molar-refractivity contribution is 4.79. The Kier molecular flexibility index (Phi) is 9.14. The van der Waals surface area contributed by atoms with Crippen LogP contribution in [0.5, 0.6) is 0 Å². The van der Waals surface area contributed by atoms with E-state index in [2.05, 4.69) is 24.1 Å². The molecule has 1 rings (SSSR count). The molecular formula is C18H36N2O. The molecule has 0 bridgehead atoms. The van der Waals surface area contributed by atoms with Gasteiger partial charge in [-0.1, -0.05) is 71.6 Å². The van der Waals surface area contributed by atoms with Crippen LogP contribution in [0, 0.1) is 11.8 Å². The third kappa shape index (κ3) is 8.55. The highest BCUT2D eigenvalue weighted by Crippen LogP contribution is 2.31. The van der Waals surface area contributed by atoms with Crippen LogP contribution >= 0.6 is 0 Å². The Morgan fingerprint density at radius 2 is 1.33 bits per heavy atom. The molecule has 1 saturated carbocycles. The first-order valence-corrected chi connectivity index (χ1v) is 9.13. The van der Waals surface area contributed by atoms with Gasteiger partial charge in [0.2, 0.25) is 0 Å². The zero-order chi connectivity index (χ0) is 15.6. The Bertz CT molecular complexity index is 275. The van der Waals surface area contributed by atoms with Crippen molar-refractivity contribution in [3.63, 3.8) is 0 Å². The van der Waals surface area contributed by atoms with Gasteiger partial charge in [-0.2, -0.15) is 10.2 Å². The normalized spacial score (nSPS) is 23.7. The standard InChI is InChI=1S/C18H36N2O/c1-16(2)15-19-20-18(3,21)17-13-11-9-7-5-4-6-8-10-12-14-17/h16-17,21H,4-15H2,1-3H3. The zero-order valence-corrected chi connectivity index (χ0v) is 14.5. The third-order valence-corrected chi connectivity index (χ3v) is 4.60. The van der Waals surface area contributed by atoms with Crippen LogP contribution < -0.4 is 0 Å². The molecule has 0 spiro atoms. The van der Waals surface area contributed by atoms with Crippen LogP contribution in [-0.2, 0) is 0 Å². The second-order valence-corrected chi connectivity index (χ2v) is 7.37. The van der Waals surface area contributed by atoms with Crippen LogP contribution in [0.1, 0.15) is 91.4 Å². The van der Waals surface area contributed by atoms with Crippen LogP contribution in [0.25, 0.3) is 0 Å². The summed E-state index contributed by atoms with van der Waals surface area (Å²) in [5, 5.41) is 19.2. The number of nitrogens with zero attached hydrogens (tertiary/aromatic N) is 2. The van der Waals surface area contributed by atoms with Gasteiger partial charge in [-0.25, -0.2) is 0 Å². The van der Waals surface area contributed by atoms with Crippen LogP contribution in [0.4, 0.5) is 0 Å². The molecule has 1 N–H and O–H groups in total. The van der Waals surface area contributed by atoms with Crippen molar-refractivity contribution in [2.24, 2.45) is 22.1 Å². The van der Waals surface area contributed by atoms with E-state index in [1.54, 1.807) is 0 Å². The maximum atomic E-state index is 10.7. The SMILES string of the molecule is CC(C)CN=NC(C)(O)C1CCCCCCCCCCC1. The summed E-state index contributed by atoms with van der Waals surface area (Å²) in [5.74, 6) is 0.772. The monoisotopic (exact) mass is 296 g/mol. The predicted octanol–water partition coefficient (Wildman–Crippen LogP) is 5.72. The largest absolute Gasteiger partial charge is 0.368 e. The van der Waals surface area contributed by atoms with Crippen molar-refractivity contribution in [3.8, 4) is 0 Å². The molecule has 0 aromatic carbocycles. The Morgan fingerprint density at radius 1 is 0.905 bits per heavy atom. The maximum absolute atomic E-state index is 10.7. The summed E-state index contributed by atoms with van der Waals surface area (Å²) in [6.45, 7) is 6.82. The topological polar surface area (TPSA) is 45.0 Å². The molecule has 1 unspecified atom stereocenters.